The Kier molecular flexibility index (Phi) is 4.35. The van der Waals surface area contributed by atoms with Crippen LogP contribution in [0.4, 0.5) is 11.4 Å². The van der Waals surface area contributed by atoms with E-state index in [2.05, 4.69) is 5.32 Å². The molecule has 0 aliphatic rings. The van der Waals surface area contributed by atoms with Crippen molar-refractivity contribution in [2.24, 2.45) is 0 Å². The van der Waals surface area contributed by atoms with Crippen LogP contribution in [0.15, 0.2) is 35.7 Å². The van der Waals surface area contributed by atoms with Gasteiger partial charge < -0.3 is 10.1 Å². The fourth-order valence-corrected chi connectivity index (χ4v) is 2.33. The van der Waals surface area contributed by atoms with Crippen molar-refractivity contribution in [3.05, 3.63) is 50.7 Å². The van der Waals surface area contributed by atoms with Crippen LogP contribution < -0.4 is 10.1 Å². The van der Waals surface area contributed by atoms with Crippen molar-refractivity contribution in [1.29, 1.82) is 0 Å². The van der Waals surface area contributed by atoms with Crippen LogP contribution in [0.3, 0.4) is 0 Å². The highest BCUT2D eigenvalue weighted by Crippen LogP contribution is 2.26. The number of nitrogens with one attached hydrogen (secondary N) is 1. The molecule has 0 saturated heterocycles. The van der Waals surface area contributed by atoms with E-state index in [1.807, 2.05) is 17.5 Å². The summed E-state index contributed by atoms with van der Waals surface area (Å²) in [6.07, 6.45) is 0.801. The van der Waals surface area contributed by atoms with Crippen LogP contribution in [0.25, 0.3) is 0 Å². The molecule has 1 aromatic heterocycles. The Bertz CT molecular complexity index is 555. The van der Waals surface area contributed by atoms with Gasteiger partial charge >= 0.3 is 0 Å². The van der Waals surface area contributed by atoms with E-state index in [-0.39, 0.29) is 5.69 Å². The van der Waals surface area contributed by atoms with Crippen molar-refractivity contribution in [3.8, 4) is 5.75 Å². The number of hydrogen-bond acceptors (Lipinski definition) is 5. The zero-order valence-electron chi connectivity index (χ0n) is 10.5. The molecule has 0 amide bonds. The summed E-state index contributed by atoms with van der Waals surface area (Å²) in [5, 5.41) is 15.7. The summed E-state index contributed by atoms with van der Waals surface area (Å²) in [5.41, 5.74) is 0.693. The van der Waals surface area contributed by atoms with Crippen molar-refractivity contribution in [3.63, 3.8) is 0 Å². The number of nitro groups is 1. The molecule has 1 N–H and O–H groups in total. The fourth-order valence-electron chi connectivity index (χ4n) is 1.64. The van der Waals surface area contributed by atoms with Gasteiger partial charge in [-0.1, -0.05) is 6.07 Å². The summed E-state index contributed by atoms with van der Waals surface area (Å²) in [5.74, 6) is 0.509. The van der Waals surface area contributed by atoms with Gasteiger partial charge in [-0.05, 0) is 11.4 Å². The van der Waals surface area contributed by atoms with Crippen molar-refractivity contribution >= 4 is 22.7 Å². The first-order valence-electron chi connectivity index (χ1n) is 5.81. The highest BCUT2D eigenvalue weighted by atomic mass is 32.1. The molecule has 2 aromatic rings. The SMILES string of the molecule is CNc1cc(OCCc2cccs2)cc([N+](=O)[O-])c1. The van der Waals surface area contributed by atoms with Gasteiger partial charge in [0.2, 0.25) is 0 Å². The molecule has 1 heterocycles. The lowest BCUT2D eigenvalue weighted by Crippen LogP contribution is -2.01. The number of ether oxygens (including phenoxy) is 1. The minimum atomic E-state index is -0.424. The van der Waals surface area contributed by atoms with Crippen LogP contribution in [-0.4, -0.2) is 18.6 Å². The standard InChI is InChI=1S/C13H14N2O3S/c1-14-10-7-11(15(16)17)9-12(8-10)18-5-4-13-3-2-6-19-13/h2-3,6-9,14H,4-5H2,1H3. The van der Waals surface area contributed by atoms with Crippen LogP contribution >= 0.6 is 11.3 Å². The molecule has 2 rings (SSSR count). The number of benzene rings is 1. The second kappa shape index (κ2) is 6.19. The number of thiophene rings is 1. The van der Waals surface area contributed by atoms with Gasteiger partial charge in [-0.25, -0.2) is 0 Å². The Morgan fingerprint density at radius 2 is 2.26 bits per heavy atom. The minimum absolute atomic E-state index is 0.0259. The zero-order chi connectivity index (χ0) is 13.7. The largest absolute Gasteiger partial charge is 0.493 e. The molecule has 0 aliphatic heterocycles. The minimum Gasteiger partial charge on any atom is -0.493 e. The maximum absolute atomic E-state index is 10.8. The van der Waals surface area contributed by atoms with E-state index in [1.54, 1.807) is 24.5 Å². The molecule has 0 bridgehead atoms. The molecule has 100 valence electrons. The number of hydrogen-bond donors (Lipinski definition) is 1. The molecule has 5 nitrogen and oxygen atoms in total. The van der Waals surface area contributed by atoms with Crippen LogP contribution in [0.1, 0.15) is 4.88 Å². The van der Waals surface area contributed by atoms with Gasteiger partial charge in [-0.3, -0.25) is 10.1 Å². The first-order valence-corrected chi connectivity index (χ1v) is 6.69. The van der Waals surface area contributed by atoms with E-state index in [1.165, 1.54) is 17.0 Å². The Labute approximate surface area is 115 Å². The van der Waals surface area contributed by atoms with Crippen LogP contribution in [0, 0.1) is 10.1 Å². The maximum atomic E-state index is 10.8. The average Bonchev–Trinajstić information content (AvgIpc) is 2.91. The lowest BCUT2D eigenvalue weighted by atomic mass is 10.2. The van der Waals surface area contributed by atoms with Gasteiger partial charge in [0.25, 0.3) is 5.69 Å². The number of rotatable bonds is 6. The summed E-state index contributed by atoms with van der Waals surface area (Å²) in [7, 11) is 1.72. The maximum Gasteiger partial charge on any atom is 0.275 e. The highest BCUT2D eigenvalue weighted by molar-refractivity contribution is 7.09. The van der Waals surface area contributed by atoms with Crippen molar-refractivity contribution in [1.82, 2.24) is 0 Å². The molecular formula is C13H14N2O3S. The molecule has 0 saturated carbocycles. The van der Waals surface area contributed by atoms with E-state index >= 15 is 0 Å². The molecule has 0 aliphatic carbocycles. The topological polar surface area (TPSA) is 64.4 Å². The lowest BCUT2D eigenvalue weighted by molar-refractivity contribution is -0.384. The second-order valence-corrected chi connectivity index (χ2v) is 4.93. The molecule has 0 fully saturated rings. The summed E-state index contributed by atoms with van der Waals surface area (Å²) < 4.78 is 5.57. The molecule has 0 spiro atoms. The van der Waals surface area contributed by atoms with E-state index < -0.39 is 4.92 Å². The van der Waals surface area contributed by atoms with E-state index in [0.717, 1.165) is 6.42 Å². The number of nitrogens with zero attached hydrogens (tertiary/aromatic N) is 1. The molecule has 6 heteroatoms. The van der Waals surface area contributed by atoms with E-state index in [0.29, 0.717) is 18.0 Å². The molecule has 1 aromatic carbocycles. The summed E-state index contributed by atoms with van der Waals surface area (Å²) in [4.78, 5) is 11.6. The van der Waals surface area contributed by atoms with Gasteiger partial charge in [0.05, 0.1) is 17.6 Å². The van der Waals surface area contributed by atoms with Crippen LogP contribution in [0.2, 0.25) is 0 Å². The van der Waals surface area contributed by atoms with Gasteiger partial charge in [-0.15, -0.1) is 11.3 Å². The van der Waals surface area contributed by atoms with Gasteiger partial charge in [-0.2, -0.15) is 0 Å². The Balaban J connectivity index is 2.02. The Morgan fingerprint density at radius 3 is 2.89 bits per heavy atom. The smallest absolute Gasteiger partial charge is 0.275 e. The van der Waals surface area contributed by atoms with Crippen molar-refractivity contribution in [2.75, 3.05) is 19.0 Å². The third-order valence-electron chi connectivity index (χ3n) is 2.59. The first kappa shape index (κ1) is 13.4. The highest BCUT2D eigenvalue weighted by Gasteiger charge is 2.10. The van der Waals surface area contributed by atoms with Crippen LogP contribution in [-0.2, 0) is 6.42 Å². The third kappa shape index (κ3) is 3.69. The fraction of sp³-hybridized carbons (Fsp3) is 0.231. The predicted octanol–water partition coefficient (Wildman–Crippen LogP) is 3.32. The molecule has 0 atom stereocenters. The number of nitro benzene ring substituents is 1. The molecule has 0 unspecified atom stereocenters. The number of anilines is 1. The van der Waals surface area contributed by atoms with Gasteiger partial charge in [0, 0.05) is 36.2 Å². The summed E-state index contributed by atoms with van der Waals surface area (Å²) in [6.45, 7) is 0.505. The van der Waals surface area contributed by atoms with E-state index in [4.69, 9.17) is 4.74 Å². The first-order chi connectivity index (χ1) is 9.19. The molecule has 19 heavy (non-hydrogen) atoms. The lowest BCUT2D eigenvalue weighted by Gasteiger charge is -2.07. The summed E-state index contributed by atoms with van der Waals surface area (Å²) in [6, 6.07) is 8.70. The molecule has 0 radical (unpaired) electrons. The summed E-state index contributed by atoms with van der Waals surface area (Å²) >= 11 is 1.67. The predicted molar refractivity (Wildman–Crippen MR) is 76.2 cm³/mol. The van der Waals surface area contributed by atoms with Crippen LogP contribution in [0.5, 0.6) is 5.75 Å². The van der Waals surface area contributed by atoms with Gasteiger partial charge in [0.15, 0.2) is 0 Å². The monoisotopic (exact) mass is 278 g/mol. The van der Waals surface area contributed by atoms with Crippen molar-refractivity contribution in [2.45, 2.75) is 6.42 Å². The third-order valence-corrected chi connectivity index (χ3v) is 3.52. The Morgan fingerprint density at radius 1 is 1.42 bits per heavy atom. The quantitative estimate of drug-likeness (QED) is 0.650. The Hall–Kier alpha value is -2.08. The zero-order valence-corrected chi connectivity index (χ0v) is 11.3. The average molecular weight is 278 g/mol. The normalized spacial score (nSPS) is 10.2. The second-order valence-electron chi connectivity index (χ2n) is 3.90. The van der Waals surface area contributed by atoms with Crippen molar-refractivity contribution < 1.29 is 9.66 Å². The molecular weight excluding hydrogens is 264 g/mol. The number of non-ortho nitro benzene ring substituents is 1. The van der Waals surface area contributed by atoms with E-state index in [9.17, 15) is 10.1 Å². The van der Waals surface area contributed by atoms with Gasteiger partial charge in [0.1, 0.15) is 5.75 Å².